The number of benzene rings is 1. The van der Waals surface area contributed by atoms with Crippen molar-refractivity contribution in [2.75, 3.05) is 7.11 Å². The number of aryl methyl sites for hydroxylation is 1. The van der Waals surface area contributed by atoms with Gasteiger partial charge in [0.2, 0.25) is 5.88 Å². The van der Waals surface area contributed by atoms with Crippen LogP contribution in [0.1, 0.15) is 20.8 Å². The summed E-state index contributed by atoms with van der Waals surface area (Å²) >= 11 is 3.28. The lowest BCUT2D eigenvalue weighted by Gasteiger charge is -2.03. The van der Waals surface area contributed by atoms with E-state index in [0.717, 1.165) is 4.47 Å². The predicted octanol–water partition coefficient (Wildman–Crippen LogP) is 2.19. The number of esters is 2. The molecular weight excluding hydrogens is 328 g/mol. The molecule has 104 valence electrons. The molecule has 0 atom stereocenters. The van der Waals surface area contributed by atoms with Crippen molar-refractivity contribution < 1.29 is 19.1 Å². The van der Waals surface area contributed by atoms with Gasteiger partial charge in [-0.3, -0.25) is 0 Å². The van der Waals surface area contributed by atoms with E-state index in [2.05, 4.69) is 25.8 Å². The Morgan fingerprint density at radius 3 is 2.65 bits per heavy atom. The van der Waals surface area contributed by atoms with E-state index in [-0.39, 0.29) is 11.6 Å². The van der Waals surface area contributed by atoms with Crippen molar-refractivity contribution in [2.24, 2.45) is 7.05 Å². The van der Waals surface area contributed by atoms with E-state index in [1.807, 2.05) is 0 Å². The Bertz CT molecular complexity index is 666. The Morgan fingerprint density at radius 2 is 2.00 bits per heavy atom. The molecule has 1 aromatic carbocycles. The molecule has 1 heterocycles. The molecule has 0 spiro atoms. The van der Waals surface area contributed by atoms with Crippen molar-refractivity contribution in [1.29, 1.82) is 0 Å². The fourth-order valence-electron chi connectivity index (χ4n) is 1.52. The molecule has 0 bridgehead atoms. The van der Waals surface area contributed by atoms with Gasteiger partial charge in [0.25, 0.3) is 0 Å². The summed E-state index contributed by atoms with van der Waals surface area (Å²) in [6, 6.07) is 8.15. The first kappa shape index (κ1) is 14.3. The van der Waals surface area contributed by atoms with Gasteiger partial charge in [0, 0.05) is 17.6 Å². The van der Waals surface area contributed by atoms with Crippen molar-refractivity contribution in [2.45, 2.75) is 0 Å². The number of hydrogen-bond donors (Lipinski definition) is 0. The maximum absolute atomic E-state index is 12.0. The van der Waals surface area contributed by atoms with Crippen LogP contribution in [-0.4, -0.2) is 28.8 Å². The van der Waals surface area contributed by atoms with Crippen LogP contribution < -0.4 is 4.74 Å². The fourth-order valence-corrected chi connectivity index (χ4v) is 1.92. The van der Waals surface area contributed by atoms with E-state index in [1.165, 1.54) is 17.9 Å². The van der Waals surface area contributed by atoms with Gasteiger partial charge in [-0.2, -0.15) is 5.10 Å². The van der Waals surface area contributed by atoms with Crippen molar-refractivity contribution in [3.63, 3.8) is 0 Å². The molecule has 0 fully saturated rings. The zero-order valence-electron chi connectivity index (χ0n) is 10.8. The summed E-state index contributed by atoms with van der Waals surface area (Å²) in [5.74, 6) is -0.966. The Kier molecular flexibility index (Phi) is 4.19. The van der Waals surface area contributed by atoms with Crippen LogP contribution in [0.15, 0.2) is 34.8 Å². The molecule has 0 aliphatic carbocycles. The third kappa shape index (κ3) is 3.05. The van der Waals surface area contributed by atoms with Crippen LogP contribution in [0, 0.1) is 0 Å². The number of nitrogens with zero attached hydrogens (tertiary/aromatic N) is 2. The van der Waals surface area contributed by atoms with Gasteiger partial charge in [-0.25, -0.2) is 14.3 Å². The Labute approximate surface area is 123 Å². The lowest BCUT2D eigenvalue weighted by molar-refractivity contribution is 0.0592. The molecule has 6 nitrogen and oxygen atoms in total. The van der Waals surface area contributed by atoms with Crippen LogP contribution in [-0.2, 0) is 11.8 Å². The average molecular weight is 339 g/mol. The molecule has 0 saturated heterocycles. The highest BCUT2D eigenvalue weighted by molar-refractivity contribution is 9.10. The van der Waals surface area contributed by atoms with Gasteiger partial charge in [0.05, 0.1) is 12.7 Å². The summed E-state index contributed by atoms with van der Waals surface area (Å²) in [6.07, 6.45) is 0. The molecule has 7 heteroatoms. The van der Waals surface area contributed by atoms with Crippen LogP contribution in [0.4, 0.5) is 0 Å². The highest BCUT2D eigenvalue weighted by Gasteiger charge is 2.17. The molecule has 0 saturated carbocycles. The van der Waals surface area contributed by atoms with Gasteiger partial charge >= 0.3 is 11.9 Å². The summed E-state index contributed by atoms with van der Waals surface area (Å²) in [5.41, 5.74) is 0.465. The molecule has 2 aromatic rings. The number of aromatic nitrogens is 2. The van der Waals surface area contributed by atoms with Gasteiger partial charge < -0.3 is 9.47 Å². The van der Waals surface area contributed by atoms with E-state index < -0.39 is 11.9 Å². The maximum Gasteiger partial charge on any atom is 0.358 e. The van der Waals surface area contributed by atoms with Crippen molar-refractivity contribution >= 4 is 27.9 Å². The Hall–Kier alpha value is -2.15. The summed E-state index contributed by atoms with van der Waals surface area (Å²) in [7, 11) is 2.82. The third-order valence-electron chi connectivity index (χ3n) is 2.49. The SMILES string of the molecule is COC(=O)c1cc(OC(=O)c2cccc(Br)c2)n(C)n1. The standard InChI is InChI=1S/C13H11BrN2O4/c1-16-11(7-10(15-16)13(18)19-2)20-12(17)8-4-3-5-9(14)6-8/h3-7H,1-2H3. The molecule has 1 aromatic heterocycles. The molecule has 0 aliphatic heterocycles. The third-order valence-corrected chi connectivity index (χ3v) is 2.98. The van der Waals surface area contributed by atoms with Crippen LogP contribution in [0.25, 0.3) is 0 Å². The van der Waals surface area contributed by atoms with Crippen LogP contribution in [0.3, 0.4) is 0 Å². The number of carbonyl (C=O) groups excluding carboxylic acids is 2. The first-order chi connectivity index (χ1) is 9.51. The maximum atomic E-state index is 12.0. The van der Waals surface area contributed by atoms with Crippen LogP contribution in [0.5, 0.6) is 5.88 Å². The minimum absolute atomic E-state index is 0.0760. The first-order valence-corrected chi connectivity index (χ1v) is 6.40. The minimum Gasteiger partial charge on any atom is -0.464 e. The second-order valence-corrected chi connectivity index (χ2v) is 4.80. The van der Waals surface area contributed by atoms with E-state index in [1.54, 1.807) is 31.3 Å². The Balaban J connectivity index is 2.20. The molecule has 0 unspecified atom stereocenters. The van der Waals surface area contributed by atoms with Crippen LogP contribution >= 0.6 is 15.9 Å². The van der Waals surface area contributed by atoms with E-state index in [9.17, 15) is 9.59 Å². The number of methoxy groups -OCH3 is 1. The first-order valence-electron chi connectivity index (χ1n) is 5.61. The Morgan fingerprint density at radius 1 is 1.25 bits per heavy atom. The number of ether oxygens (including phenoxy) is 2. The molecule has 0 N–H and O–H groups in total. The van der Waals surface area contributed by atoms with Gasteiger partial charge in [0.15, 0.2) is 5.69 Å². The van der Waals surface area contributed by atoms with Gasteiger partial charge in [-0.1, -0.05) is 22.0 Å². The van der Waals surface area contributed by atoms with Gasteiger partial charge in [-0.15, -0.1) is 0 Å². The lowest BCUT2D eigenvalue weighted by Crippen LogP contribution is -2.10. The highest BCUT2D eigenvalue weighted by atomic mass is 79.9. The number of carbonyl (C=O) groups is 2. The number of rotatable bonds is 3. The number of hydrogen-bond acceptors (Lipinski definition) is 5. The monoisotopic (exact) mass is 338 g/mol. The minimum atomic E-state index is -0.592. The normalized spacial score (nSPS) is 10.2. The molecule has 20 heavy (non-hydrogen) atoms. The second kappa shape index (κ2) is 5.87. The zero-order chi connectivity index (χ0) is 14.7. The van der Waals surface area contributed by atoms with E-state index >= 15 is 0 Å². The van der Waals surface area contributed by atoms with E-state index in [0.29, 0.717) is 5.56 Å². The zero-order valence-corrected chi connectivity index (χ0v) is 12.4. The van der Waals surface area contributed by atoms with Crippen LogP contribution in [0.2, 0.25) is 0 Å². The summed E-state index contributed by atoms with van der Waals surface area (Å²) in [6.45, 7) is 0. The summed E-state index contributed by atoms with van der Waals surface area (Å²) < 4.78 is 11.8. The van der Waals surface area contributed by atoms with Crippen molar-refractivity contribution in [3.05, 3.63) is 46.1 Å². The predicted molar refractivity (Wildman–Crippen MR) is 73.6 cm³/mol. The topological polar surface area (TPSA) is 70.4 Å². The summed E-state index contributed by atoms with van der Waals surface area (Å²) in [4.78, 5) is 23.3. The van der Waals surface area contributed by atoms with Gasteiger partial charge in [0.1, 0.15) is 0 Å². The quantitative estimate of drug-likeness (QED) is 0.802. The number of halogens is 1. The molecular formula is C13H11BrN2O4. The van der Waals surface area contributed by atoms with Crippen molar-refractivity contribution in [1.82, 2.24) is 9.78 Å². The van der Waals surface area contributed by atoms with E-state index in [4.69, 9.17) is 4.74 Å². The summed E-state index contributed by atoms with van der Waals surface area (Å²) in [5, 5.41) is 3.90. The second-order valence-electron chi connectivity index (χ2n) is 3.88. The molecule has 0 amide bonds. The smallest absolute Gasteiger partial charge is 0.358 e. The average Bonchev–Trinajstić information content (AvgIpc) is 2.79. The largest absolute Gasteiger partial charge is 0.464 e. The van der Waals surface area contributed by atoms with Gasteiger partial charge in [-0.05, 0) is 18.2 Å². The molecule has 2 rings (SSSR count). The molecule has 0 aliphatic rings. The molecule has 0 radical (unpaired) electrons. The lowest BCUT2D eigenvalue weighted by atomic mass is 10.2. The van der Waals surface area contributed by atoms with Crippen molar-refractivity contribution in [3.8, 4) is 5.88 Å². The highest BCUT2D eigenvalue weighted by Crippen LogP contribution is 2.17. The fraction of sp³-hybridized carbons (Fsp3) is 0.154.